The molecular formula is C13H14ClF3N2OS. The largest absolute Gasteiger partial charge is 0.417 e. The van der Waals surface area contributed by atoms with Crippen LogP contribution < -0.4 is 11.1 Å². The average Bonchev–Trinajstić information content (AvgIpc) is 2.36. The van der Waals surface area contributed by atoms with Gasteiger partial charge in [-0.15, -0.1) is 0 Å². The van der Waals surface area contributed by atoms with E-state index in [4.69, 9.17) is 29.6 Å². The fourth-order valence-corrected chi connectivity index (χ4v) is 2.19. The first-order valence-electron chi connectivity index (χ1n) is 6.13. The van der Waals surface area contributed by atoms with Gasteiger partial charge in [-0.1, -0.05) is 37.2 Å². The summed E-state index contributed by atoms with van der Waals surface area (Å²) in [7, 11) is 0. The van der Waals surface area contributed by atoms with E-state index in [-0.39, 0.29) is 10.7 Å². The van der Waals surface area contributed by atoms with Crippen molar-refractivity contribution < 1.29 is 18.0 Å². The maximum Gasteiger partial charge on any atom is 0.417 e. The average molecular weight is 339 g/mol. The molecule has 3 N–H and O–H groups in total. The van der Waals surface area contributed by atoms with Crippen molar-refractivity contribution in [1.82, 2.24) is 0 Å². The van der Waals surface area contributed by atoms with Gasteiger partial charge >= 0.3 is 6.18 Å². The highest BCUT2D eigenvalue weighted by Gasteiger charge is 2.33. The lowest BCUT2D eigenvalue weighted by molar-refractivity contribution is -0.137. The number of nitrogens with one attached hydrogen (secondary N) is 1. The Bertz CT molecular complexity index is 549. The highest BCUT2D eigenvalue weighted by atomic mass is 35.5. The van der Waals surface area contributed by atoms with Gasteiger partial charge in [0.2, 0.25) is 5.91 Å². The van der Waals surface area contributed by atoms with Crippen LogP contribution in [0.2, 0.25) is 5.02 Å². The quantitative estimate of drug-likeness (QED) is 0.798. The van der Waals surface area contributed by atoms with E-state index < -0.39 is 28.6 Å². The zero-order chi connectivity index (χ0) is 16.2. The van der Waals surface area contributed by atoms with E-state index in [0.29, 0.717) is 12.8 Å². The maximum absolute atomic E-state index is 12.7. The Morgan fingerprint density at radius 1 is 1.48 bits per heavy atom. The predicted molar refractivity (Wildman–Crippen MR) is 80.3 cm³/mol. The minimum atomic E-state index is -4.59. The van der Waals surface area contributed by atoms with Crippen LogP contribution in [0.25, 0.3) is 0 Å². The second-order valence-corrected chi connectivity index (χ2v) is 5.30. The van der Waals surface area contributed by atoms with Gasteiger partial charge in [-0.2, -0.15) is 13.2 Å². The molecule has 0 spiro atoms. The number of halogens is 4. The standard InChI is InChI=1S/C13H14ClF3N2OS/c1-2-3-8(11(18)21)12(20)19-7-4-5-10(14)9(6-7)13(15,16)17/h4-6,8H,2-3H2,1H3,(H2,18,21)(H,19,20). The fraction of sp³-hybridized carbons (Fsp3) is 0.385. The summed E-state index contributed by atoms with van der Waals surface area (Å²) in [6, 6.07) is 3.15. The summed E-state index contributed by atoms with van der Waals surface area (Å²) in [5.74, 6) is -1.24. The number of thiocarbonyl (C=S) groups is 1. The molecule has 0 radical (unpaired) electrons. The molecule has 1 atom stereocenters. The Kier molecular flexibility index (Phi) is 5.98. The minimum absolute atomic E-state index is 0.00548. The van der Waals surface area contributed by atoms with Crippen molar-refractivity contribution in [3.05, 3.63) is 28.8 Å². The molecule has 21 heavy (non-hydrogen) atoms. The zero-order valence-electron chi connectivity index (χ0n) is 11.1. The normalized spacial score (nSPS) is 12.8. The van der Waals surface area contributed by atoms with Gasteiger partial charge in [-0.25, -0.2) is 0 Å². The summed E-state index contributed by atoms with van der Waals surface area (Å²) in [6.07, 6.45) is -3.49. The summed E-state index contributed by atoms with van der Waals surface area (Å²) >= 11 is 10.3. The van der Waals surface area contributed by atoms with Gasteiger partial charge < -0.3 is 11.1 Å². The zero-order valence-corrected chi connectivity index (χ0v) is 12.7. The molecule has 1 aromatic rings. The number of rotatable bonds is 5. The second-order valence-electron chi connectivity index (χ2n) is 4.43. The van der Waals surface area contributed by atoms with Crippen molar-refractivity contribution in [2.45, 2.75) is 25.9 Å². The van der Waals surface area contributed by atoms with Crippen molar-refractivity contribution >= 4 is 40.4 Å². The van der Waals surface area contributed by atoms with Gasteiger partial charge in [0.1, 0.15) is 0 Å². The van der Waals surface area contributed by atoms with Gasteiger partial charge in [0.05, 0.1) is 21.5 Å². The molecule has 0 heterocycles. The lowest BCUT2D eigenvalue weighted by Crippen LogP contribution is -2.33. The van der Waals surface area contributed by atoms with E-state index in [2.05, 4.69) is 5.32 Å². The SMILES string of the molecule is CCCC(C(=O)Nc1ccc(Cl)c(C(F)(F)F)c1)C(N)=S. The number of hydrogen-bond donors (Lipinski definition) is 2. The first-order valence-corrected chi connectivity index (χ1v) is 6.92. The van der Waals surface area contributed by atoms with E-state index in [0.717, 1.165) is 12.1 Å². The van der Waals surface area contributed by atoms with Crippen molar-refractivity contribution in [2.75, 3.05) is 5.32 Å². The van der Waals surface area contributed by atoms with Gasteiger partial charge in [0.15, 0.2) is 0 Å². The van der Waals surface area contributed by atoms with Crippen LogP contribution in [-0.4, -0.2) is 10.9 Å². The second kappa shape index (κ2) is 7.09. The number of carbonyl (C=O) groups excluding carboxylic acids is 1. The van der Waals surface area contributed by atoms with Crippen LogP contribution in [0.15, 0.2) is 18.2 Å². The topological polar surface area (TPSA) is 55.1 Å². The Balaban J connectivity index is 2.98. The molecular weight excluding hydrogens is 325 g/mol. The number of benzene rings is 1. The molecule has 0 aliphatic carbocycles. The van der Waals surface area contributed by atoms with Crippen LogP contribution in [0.1, 0.15) is 25.3 Å². The van der Waals surface area contributed by atoms with Crippen molar-refractivity contribution in [3.63, 3.8) is 0 Å². The molecule has 1 unspecified atom stereocenters. The smallest absolute Gasteiger partial charge is 0.393 e. The van der Waals surface area contributed by atoms with Crippen LogP contribution in [0, 0.1) is 5.92 Å². The third kappa shape index (κ3) is 4.86. The summed E-state index contributed by atoms with van der Waals surface area (Å²) in [4.78, 5) is 12.0. The minimum Gasteiger partial charge on any atom is -0.393 e. The third-order valence-electron chi connectivity index (χ3n) is 2.78. The fourth-order valence-electron chi connectivity index (χ4n) is 1.74. The third-order valence-corrected chi connectivity index (χ3v) is 3.39. The molecule has 0 aliphatic heterocycles. The van der Waals surface area contributed by atoms with Crippen LogP contribution in [0.5, 0.6) is 0 Å². The molecule has 1 amide bonds. The number of carbonyl (C=O) groups is 1. The van der Waals surface area contributed by atoms with Gasteiger partial charge in [-0.05, 0) is 24.6 Å². The monoisotopic (exact) mass is 338 g/mol. The summed E-state index contributed by atoms with van der Waals surface area (Å²) < 4.78 is 38.2. The predicted octanol–water partition coefficient (Wildman–Crippen LogP) is 4.00. The van der Waals surface area contributed by atoms with E-state index >= 15 is 0 Å². The first kappa shape index (κ1) is 17.7. The molecule has 0 aromatic heterocycles. The summed E-state index contributed by atoms with van der Waals surface area (Å²) in [5.41, 5.74) is 4.45. The van der Waals surface area contributed by atoms with Gasteiger partial charge in [0.25, 0.3) is 0 Å². The van der Waals surface area contributed by atoms with Gasteiger partial charge in [0, 0.05) is 5.69 Å². The number of nitrogens with two attached hydrogens (primary N) is 1. The van der Waals surface area contributed by atoms with Crippen LogP contribution in [0.4, 0.5) is 18.9 Å². The van der Waals surface area contributed by atoms with Crippen LogP contribution in [0.3, 0.4) is 0 Å². The Labute approximate surface area is 130 Å². The number of alkyl halides is 3. The Hall–Kier alpha value is -1.34. The molecule has 0 bridgehead atoms. The van der Waals surface area contributed by atoms with Crippen molar-refractivity contribution in [3.8, 4) is 0 Å². The first-order chi connectivity index (χ1) is 9.66. The van der Waals surface area contributed by atoms with E-state index in [1.54, 1.807) is 0 Å². The highest BCUT2D eigenvalue weighted by molar-refractivity contribution is 7.80. The Morgan fingerprint density at radius 3 is 2.57 bits per heavy atom. The molecule has 3 nitrogen and oxygen atoms in total. The molecule has 1 aromatic carbocycles. The Morgan fingerprint density at radius 2 is 2.10 bits per heavy atom. The van der Waals surface area contributed by atoms with Crippen molar-refractivity contribution in [1.29, 1.82) is 0 Å². The molecule has 0 saturated heterocycles. The van der Waals surface area contributed by atoms with Crippen LogP contribution in [-0.2, 0) is 11.0 Å². The van der Waals surface area contributed by atoms with E-state index in [9.17, 15) is 18.0 Å². The maximum atomic E-state index is 12.7. The molecule has 0 saturated carbocycles. The summed E-state index contributed by atoms with van der Waals surface area (Å²) in [5, 5.41) is 1.95. The molecule has 0 fully saturated rings. The van der Waals surface area contributed by atoms with Crippen LogP contribution >= 0.6 is 23.8 Å². The number of amides is 1. The molecule has 116 valence electrons. The lowest BCUT2D eigenvalue weighted by atomic mass is 10.0. The number of hydrogen-bond acceptors (Lipinski definition) is 2. The molecule has 0 aliphatic rings. The van der Waals surface area contributed by atoms with Gasteiger partial charge in [-0.3, -0.25) is 4.79 Å². The lowest BCUT2D eigenvalue weighted by Gasteiger charge is -2.16. The summed E-state index contributed by atoms with van der Waals surface area (Å²) in [6.45, 7) is 1.85. The number of anilines is 1. The van der Waals surface area contributed by atoms with E-state index in [1.165, 1.54) is 6.07 Å². The molecule has 1 rings (SSSR count). The molecule has 8 heteroatoms. The van der Waals surface area contributed by atoms with Crippen molar-refractivity contribution in [2.24, 2.45) is 11.7 Å². The highest BCUT2D eigenvalue weighted by Crippen LogP contribution is 2.36. The van der Waals surface area contributed by atoms with E-state index in [1.807, 2.05) is 6.92 Å².